The van der Waals surface area contributed by atoms with Gasteiger partial charge < -0.3 is 9.57 Å². The van der Waals surface area contributed by atoms with Gasteiger partial charge in [0.25, 0.3) is 0 Å². The zero-order valence-corrected chi connectivity index (χ0v) is 16.9. The second-order valence-corrected chi connectivity index (χ2v) is 6.57. The highest BCUT2D eigenvalue weighted by Gasteiger charge is 2.13. The fraction of sp³-hybridized carbons (Fsp3) is 0.190. The van der Waals surface area contributed by atoms with Crippen molar-refractivity contribution in [3.63, 3.8) is 0 Å². The van der Waals surface area contributed by atoms with Crippen LogP contribution in [0.4, 0.5) is 0 Å². The number of aromatic nitrogens is 6. The van der Waals surface area contributed by atoms with Crippen LogP contribution in [-0.2, 0) is 11.4 Å². The van der Waals surface area contributed by atoms with Gasteiger partial charge in [0.05, 0.1) is 30.4 Å². The SMILES string of the molecule is COc1ccc(-n2cc(CON=C(C)c3nnn(-c4ccccc4)c3C)nn2)cc1. The normalized spacial score (nSPS) is 11.5. The van der Waals surface area contributed by atoms with Gasteiger partial charge in [-0.1, -0.05) is 33.8 Å². The third kappa shape index (κ3) is 4.04. The van der Waals surface area contributed by atoms with Crippen LogP contribution in [0, 0.1) is 6.92 Å². The van der Waals surface area contributed by atoms with E-state index in [1.54, 1.807) is 22.7 Å². The number of para-hydroxylation sites is 1. The Morgan fingerprint density at radius 2 is 1.73 bits per heavy atom. The molecule has 4 aromatic rings. The molecule has 0 unspecified atom stereocenters. The van der Waals surface area contributed by atoms with E-state index in [-0.39, 0.29) is 6.61 Å². The molecule has 0 radical (unpaired) electrons. The number of methoxy groups -OCH3 is 1. The highest BCUT2D eigenvalue weighted by atomic mass is 16.6. The van der Waals surface area contributed by atoms with Gasteiger partial charge in [0.2, 0.25) is 0 Å². The summed E-state index contributed by atoms with van der Waals surface area (Å²) in [6, 6.07) is 17.4. The summed E-state index contributed by atoms with van der Waals surface area (Å²) in [5.41, 5.74) is 4.68. The third-order valence-electron chi connectivity index (χ3n) is 4.53. The number of oxime groups is 1. The van der Waals surface area contributed by atoms with Gasteiger partial charge in [0.15, 0.2) is 6.61 Å². The highest BCUT2D eigenvalue weighted by Crippen LogP contribution is 2.15. The van der Waals surface area contributed by atoms with E-state index in [2.05, 4.69) is 25.8 Å². The predicted octanol–water partition coefficient (Wildman–Crippen LogP) is 3.11. The van der Waals surface area contributed by atoms with Crippen molar-refractivity contribution < 1.29 is 9.57 Å². The minimum absolute atomic E-state index is 0.194. The summed E-state index contributed by atoms with van der Waals surface area (Å²) in [6.07, 6.45) is 1.80. The second-order valence-electron chi connectivity index (χ2n) is 6.57. The Labute approximate surface area is 173 Å². The summed E-state index contributed by atoms with van der Waals surface area (Å²) in [5.74, 6) is 0.784. The Hall–Kier alpha value is -4.01. The highest BCUT2D eigenvalue weighted by molar-refractivity contribution is 5.97. The molecule has 0 aliphatic carbocycles. The lowest BCUT2D eigenvalue weighted by Crippen LogP contribution is -2.02. The standard InChI is InChI=1S/C21H21N7O2/c1-15(21-16(2)28(26-23-21)19-7-5-4-6-8-19)24-30-14-17-13-27(25-22-17)18-9-11-20(29-3)12-10-18/h4-13H,14H2,1-3H3. The molecule has 0 saturated carbocycles. The molecule has 0 aliphatic rings. The first-order chi connectivity index (χ1) is 14.7. The van der Waals surface area contributed by atoms with E-state index < -0.39 is 0 Å². The Balaban J connectivity index is 1.41. The largest absolute Gasteiger partial charge is 0.497 e. The van der Waals surface area contributed by atoms with Crippen LogP contribution in [0.15, 0.2) is 65.9 Å². The van der Waals surface area contributed by atoms with Crippen molar-refractivity contribution in [2.75, 3.05) is 7.11 Å². The van der Waals surface area contributed by atoms with Gasteiger partial charge in [0.1, 0.15) is 22.8 Å². The lowest BCUT2D eigenvalue weighted by Gasteiger charge is -2.03. The molecule has 2 aromatic heterocycles. The number of nitrogens with zero attached hydrogens (tertiary/aromatic N) is 7. The van der Waals surface area contributed by atoms with Gasteiger partial charge >= 0.3 is 0 Å². The maximum atomic E-state index is 5.47. The molecule has 9 heteroatoms. The summed E-state index contributed by atoms with van der Waals surface area (Å²) in [4.78, 5) is 5.47. The lowest BCUT2D eigenvalue weighted by molar-refractivity contribution is 0.127. The maximum Gasteiger partial charge on any atom is 0.162 e. The molecule has 0 bridgehead atoms. The second kappa shape index (κ2) is 8.56. The van der Waals surface area contributed by atoms with E-state index in [0.717, 1.165) is 22.8 Å². The van der Waals surface area contributed by atoms with E-state index in [1.165, 1.54) is 0 Å². The van der Waals surface area contributed by atoms with Crippen LogP contribution in [0.5, 0.6) is 5.75 Å². The van der Waals surface area contributed by atoms with Gasteiger partial charge in [-0.2, -0.15) is 0 Å². The van der Waals surface area contributed by atoms with Crippen LogP contribution in [0.3, 0.4) is 0 Å². The molecule has 4 rings (SSSR count). The van der Waals surface area contributed by atoms with Crippen molar-refractivity contribution in [1.29, 1.82) is 0 Å². The summed E-state index contributed by atoms with van der Waals surface area (Å²) >= 11 is 0. The average molecular weight is 403 g/mol. The summed E-state index contributed by atoms with van der Waals surface area (Å²) in [7, 11) is 1.63. The molecule has 0 amide bonds. The molecule has 0 spiro atoms. The molecule has 0 saturated heterocycles. The monoisotopic (exact) mass is 403 g/mol. The Bertz CT molecular complexity index is 1150. The van der Waals surface area contributed by atoms with Gasteiger partial charge in [-0.3, -0.25) is 0 Å². The first-order valence-electron chi connectivity index (χ1n) is 9.36. The molecule has 2 aromatic carbocycles. The number of ether oxygens (including phenoxy) is 1. The number of benzene rings is 2. The zero-order chi connectivity index (χ0) is 20.9. The van der Waals surface area contributed by atoms with Crippen molar-refractivity contribution in [1.82, 2.24) is 30.0 Å². The van der Waals surface area contributed by atoms with Gasteiger partial charge in [0, 0.05) is 0 Å². The summed E-state index contributed by atoms with van der Waals surface area (Å²) < 4.78 is 8.61. The van der Waals surface area contributed by atoms with E-state index in [4.69, 9.17) is 9.57 Å². The third-order valence-corrected chi connectivity index (χ3v) is 4.53. The van der Waals surface area contributed by atoms with E-state index in [0.29, 0.717) is 17.1 Å². The molecule has 0 N–H and O–H groups in total. The van der Waals surface area contributed by atoms with Crippen molar-refractivity contribution in [3.8, 4) is 17.1 Å². The molecule has 0 fully saturated rings. The molecule has 0 atom stereocenters. The topological polar surface area (TPSA) is 92.2 Å². The molecule has 2 heterocycles. The van der Waals surface area contributed by atoms with Crippen LogP contribution < -0.4 is 4.74 Å². The van der Waals surface area contributed by atoms with Crippen molar-refractivity contribution in [2.45, 2.75) is 20.5 Å². The van der Waals surface area contributed by atoms with Gasteiger partial charge in [-0.15, -0.1) is 10.2 Å². The Kier molecular flexibility index (Phi) is 5.51. The number of hydrogen-bond donors (Lipinski definition) is 0. The van der Waals surface area contributed by atoms with Crippen LogP contribution in [-0.4, -0.2) is 42.8 Å². The number of rotatable bonds is 7. The van der Waals surface area contributed by atoms with Crippen molar-refractivity contribution in [3.05, 3.63) is 77.9 Å². The summed E-state index contributed by atoms with van der Waals surface area (Å²) in [6.45, 7) is 3.97. The number of hydrogen-bond acceptors (Lipinski definition) is 7. The van der Waals surface area contributed by atoms with Crippen LogP contribution in [0.2, 0.25) is 0 Å². The maximum absolute atomic E-state index is 5.47. The Morgan fingerprint density at radius 1 is 0.967 bits per heavy atom. The average Bonchev–Trinajstić information content (AvgIpc) is 3.41. The van der Waals surface area contributed by atoms with Crippen molar-refractivity contribution >= 4 is 5.71 Å². The quantitative estimate of drug-likeness (QED) is 0.348. The summed E-state index contributed by atoms with van der Waals surface area (Å²) in [5, 5.41) is 20.9. The Morgan fingerprint density at radius 3 is 2.47 bits per heavy atom. The molecule has 30 heavy (non-hydrogen) atoms. The van der Waals surface area contributed by atoms with E-state index >= 15 is 0 Å². The first kappa shape index (κ1) is 19.3. The lowest BCUT2D eigenvalue weighted by atomic mass is 10.2. The van der Waals surface area contributed by atoms with Gasteiger partial charge in [-0.25, -0.2) is 9.36 Å². The minimum atomic E-state index is 0.194. The fourth-order valence-corrected chi connectivity index (χ4v) is 2.94. The zero-order valence-electron chi connectivity index (χ0n) is 16.9. The molecular formula is C21H21N7O2. The van der Waals surface area contributed by atoms with Crippen LogP contribution >= 0.6 is 0 Å². The molecule has 152 valence electrons. The predicted molar refractivity (Wildman–Crippen MR) is 111 cm³/mol. The first-order valence-corrected chi connectivity index (χ1v) is 9.36. The van der Waals surface area contributed by atoms with E-state index in [1.807, 2.05) is 68.4 Å². The van der Waals surface area contributed by atoms with Gasteiger partial charge in [-0.05, 0) is 50.2 Å². The molecular weight excluding hydrogens is 382 g/mol. The minimum Gasteiger partial charge on any atom is -0.497 e. The van der Waals surface area contributed by atoms with Crippen LogP contribution in [0.25, 0.3) is 11.4 Å². The smallest absolute Gasteiger partial charge is 0.162 e. The van der Waals surface area contributed by atoms with Crippen molar-refractivity contribution in [2.24, 2.45) is 5.16 Å². The molecule has 9 nitrogen and oxygen atoms in total. The van der Waals surface area contributed by atoms with E-state index in [9.17, 15) is 0 Å². The van der Waals surface area contributed by atoms with Crippen LogP contribution in [0.1, 0.15) is 24.0 Å². The fourth-order valence-electron chi connectivity index (χ4n) is 2.94. The molecule has 0 aliphatic heterocycles.